The van der Waals surface area contributed by atoms with E-state index in [0.717, 1.165) is 17.0 Å². The average molecular weight is 500 g/mol. The highest BCUT2D eigenvalue weighted by atomic mass is 19.1. The van der Waals surface area contributed by atoms with Crippen molar-refractivity contribution in [2.75, 3.05) is 4.90 Å². The first-order chi connectivity index (χ1) is 17.7. The minimum absolute atomic E-state index is 0.0937. The molecule has 3 aromatic carbocycles. The molecule has 2 amide bonds. The minimum atomic E-state index is -2.26. The summed E-state index contributed by atoms with van der Waals surface area (Å²) in [6.45, 7) is 1.52. The van der Waals surface area contributed by atoms with Crippen molar-refractivity contribution < 1.29 is 33.2 Å². The molecule has 2 aliphatic heterocycles. The number of anilines is 1. The SMILES string of the molecule is Cc1cc([N+](=O)[O-])ccc1N1C(=O)[C@@H]2[C@@H](c3ccc(F)cc3)OC3(C(=O)c4ccccc4C3=O)[C@@H]2C1=O. The Kier molecular flexibility index (Phi) is 4.77. The largest absolute Gasteiger partial charge is 0.349 e. The van der Waals surface area contributed by atoms with E-state index in [9.17, 15) is 33.7 Å². The second-order valence-electron chi connectivity index (χ2n) is 9.27. The van der Waals surface area contributed by atoms with E-state index in [0.29, 0.717) is 5.56 Å². The van der Waals surface area contributed by atoms with Gasteiger partial charge in [0.25, 0.3) is 5.69 Å². The van der Waals surface area contributed by atoms with Crippen LogP contribution in [-0.2, 0) is 14.3 Å². The lowest BCUT2D eigenvalue weighted by Crippen LogP contribution is -2.51. The number of hydrogen-bond donors (Lipinski definition) is 0. The van der Waals surface area contributed by atoms with Gasteiger partial charge in [-0.3, -0.25) is 29.3 Å². The number of fused-ring (bicyclic) bond motifs is 3. The van der Waals surface area contributed by atoms with E-state index in [1.54, 1.807) is 12.1 Å². The summed E-state index contributed by atoms with van der Waals surface area (Å²) in [4.78, 5) is 66.7. The molecule has 9 nitrogen and oxygen atoms in total. The molecule has 0 N–H and O–H groups in total. The lowest BCUT2D eigenvalue weighted by molar-refractivity contribution is -0.384. The third-order valence-electron chi connectivity index (χ3n) is 7.35. The highest BCUT2D eigenvalue weighted by Crippen LogP contribution is 2.57. The third-order valence-corrected chi connectivity index (χ3v) is 7.35. The number of non-ortho nitro benzene ring substituents is 1. The maximum absolute atomic E-state index is 13.9. The molecule has 0 saturated carbocycles. The molecule has 3 aliphatic rings. The summed E-state index contributed by atoms with van der Waals surface area (Å²) in [5.74, 6) is -6.22. The van der Waals surface area contributed by atoms with Crippen LogP contribution in [0.25, 0.3) is 0 Å². The number of ether oxygens (including phenoxy) is 1. The summed E-state index contributed by atoms with van der Waals surface area (Å²) in [7, 11) is 0. The van der Waals surface area contributed by atoms with Gasteiger partial charge in [0, 0.05) is 23.3 Å². The molecule has 2 fully saturated rings. The molecule has 37 heavy (non-hydrogen) atoms. The molecule has 10 heteroatoms. The van der Waals surface area contributed by atoms with Crippen LogP contribution in [0.3, 0.4) is 0 Å². The van der Waals surface area contributed by atoms with E-state index in [4.69, 9.17) is 4.74 Å². The number of halogens is 1. The van der Waals surface area contributed by atoms with Gasteiger partial charge in [-0.1, -0.05) is 36.4 Å². The Morgan fingerprint density at radius 2 is 1.54 bits per heavy atom. The summed E-state index contributed by atoms with van der Waals surface area (Å²) < 4.78 is 19.8. The van der Waals surface area contributed by atoms with Crippen molar-refractivity contribution in [1.82, 2.24) is 0 Å². The number of ketones is 2. The molecule has 0 bridgehead atoms. The topological polar surface area (TPSA) is 124 Å². The first-order valence-electron chi connectivity index (χ1n) is 11.4. The van der Waals surface area contributed by atoms with Crippen LogP contribution in [0.15, 0.2) is 66.7 Å². The average Bonchev–Trinajstić information content (AvgIpc) is 3.45. The summed E-state index contributed by atoms with van der Waals surface area (Å²) in [6, 6.07) is 14.9. The maximum atomic E-state index is 13.9. The Hall–Kier alpha value is -4.57. The van der Waals surface area contributed by atoms with Crippen LogP contribution in [0, 0.1) is 34.7 Å². The number of Topliss-reactive ketones (excluding diaryl/α,β-unsaturated/α-hetero) is 2. The number of benzene rings is 3. The zero-order chi connectivity index (χ0) is 26.2. The van der Waals surface area contributed by atoms with E-state index in [1.807, 2.05) is 0 Å². The second-order valence-corrected chi connectivity index (χ2v) is 9.27. The highest BCUT2D eigenvalue weighted by Gasteiger charge is 2.74. The molecule has 0 unspecified atom stereocenters. The number of rotatable bonds is 3. The fourth-order valence-corrected chi connectivity index (χ4v) is 5.71. The van der Waals surface area contributed by atoms with Gasteiger partial charge in [-0.15, -0.1) is 0 Å². The van der Waals surface area contributed by atoms with Gasteiger partial charge in [0.15, 0.2) is 0 Å². The lowest BCUT2D eigenvalue weighted by atomic mass is 9.77. The van der Waals surface area contributed by atoms with Crippen molar-refractivity contribution in [1.29, 1.82) is 0 Å². The highest BCUT2D eigenvalue weighted by molar-refractivity contribution is 6.37. The zero-order valence-electron chi connectivity index (χ0n) is 19.2. The number of nitro groups is 1. The number of hydrogen-bond acceptors (Lipinski definition) is 7. The van der Waals surface area contributed by atoms with Gasteiger partial charge in [-0.25, -0.2) is 9.29 Å². The van der Waals surface area contributed by atoms with E-state index in [1.165, 1.54) is 49.4 Å². The lowest BCUT2D eigenvalue weighted by Gasteiger charge is -2.27. The summed E-state index contributed by atoms with van der Waals surface area (Å²) in [5.41, 5.74) is -1.57. The van der Waals surface area contributed by atoms with Gasteiger partial charge >= 0.3 is 0 Å². The Morgan fingerprint density at radius 1 is 0.919 bits per heavy atom. The number of carbonyl (C=O) groups excluding carboxylic acids is 4. The van der Waals surface area contributed by atoms with Crippen molar-refractivity contribution in [2.24, 2.45) is 11.8 Å². The van der Waals surface area contributed by atoms with Crippen molar-refractivity contribution in [3.63, 3.8) is 0 Å². The Balaban J connectivity index is 1.53. The predicted octanol–water partition coefficient (Wildman–Crippen LogP) is 3.74. The molecule has 0 radical (unpaired) electrons. The monoisotopic (exact) mass is 500 g/mol. The molecular formula is C27H17FN2O7. The Morgan fingerprint density at radius 3 is 2.11 bits per heavy atom. The van der Waals surface area contributed by atoms with E-state index in [2.05, 4.69) is 0 Å². The van der Waals surface area contributed by atoms with Crippen molar-refractivity contribution in [3.8, 4) is 0 Å². The molecule has 1 spiro atoms. The molecule has 3 atom stereocenters. The number of imide groups is 1. The normalized spacial score (nSPS) is 23.6. The van der Waals surface area contributed by atoms with Crippen LogP contribution in [0.4, 0.5) is 15.8 Å². The standard InChI is InChI=1S/C27H17FN2O7/c1-13-12-16(30(35)36)10-11-19(13)29-25(33)20-21(26(29)34)27(37-22(20)14-6-8-15(28)9-7-14)23(31)17-4-2-3-5-18(17)24(27)32/h2-12,20-22H,1H3/t20-,21-,22+/m0/s1. The van der Waals surface area contributed by atoms with Gasteiger partial charge in [0.05, 0.1) is 28.6 Å². The molecular weight excluding hydrogens is 483 g/mol. The molecule has 2 heterocycles. The molecule has 3 aromatic rings. The van der Waals surface area contributed by atoms with Crippen molar-refractivity contribution >= 4 is 34.8 Å². The Labute approximate surface area is 208 Å². The Bertz CT molecular complexity index is 1530. The summed E-state index contributed by atoms with van der Waals surface area (Å²) >= 11 is 0. The van der Waals surface area contributed by atoms with Crippen molar-refractivity contribution in [2.45, 2.75) is 18.6 Å². The van der Waals surface area contributed by atoms with Gasteiger partial charge in [0.1, 0.15) is 5.82 Å². The van der Waals surface area contributed by atoms with Crippen LogP contribution in [0.1, 0.15) is 37.9 Å². The van der Waals surface area contributed by atoms with E-state index >= 15 is 0 Å². The number of nitro benzene ring substituents is 1. The fraction of sp³-hybridized carbons (Fsp3) is 0.185. The summed E-state index contributed by atoms with van der Waals surface area (Å²) in [6.07, 6.45) is -1.19. The van der Waals surface area contributed by atoms with Gasteiger partial charge in [-0.05, 0) is 36.2 Å². The van der Waals surface area contributed by atoms with Crippen LogP contribution < -0.4 is 4.90 Å². The van der Waals surface area contributed by atoms with Crippen LogP contribution in [-0.4, -0.2) is 33.9 Å². The summed E-state index contributed by atoms with van der Waals surface area (Å²) in [5, 5.41) is 11.2. The maximum Gasteiger partial charge on any atom is 0.269 e. The van der Waals surface area contributed by atoms with Crippen LogP contribution in [0.5, 0.6) is 0 Å². The first kappa shape index (κ1) is 22.9. The number of amides is 2. The molecule has 1 aliphatic carbocycles. The van der Waals surface area contributed by atoms with Gasteiger partial charge in [0.2, 0.25) is 29.0 Å². The van der Waals surface area contributed by atoms with E-state index in [-0.39, 0.29) is 28.1 Å². The third kappa shape index (κ3) is 2.93. The van der Waals surface area contributed by atoms with Crippen molar-refractivity contribution in [3.05, 3.63) is 105 Å². The number of aryl methyl sites for hydroxylation is 1. The van der Waals surface area contributed by atoms with Crippen LogP contribution in [0.2, 0.25) is 0 Å². The quantitative estimate of drug-likeness (QED) is 0.232. The second kappa shape index (κ2) is 7.71. The van der Waals surface area contributed by atoms with E-state index < -0.39 is 57.7 Å². The first-order valence-corrected chi connectivity index (χ1v) is 11.4. The smallest absolute Gasteiger partial charge is 0.269 e. The van der Waals surface area contributed by atoms with Gasteiger partial charge in [-0.2, -0.15) is 0 Å². The number of carbonyl (C=O) groups is 4. The molecule has 6 rings (SSSR count). The number of nitrogens with zero attached hydrogens (tertiary/aromatic N) is 2. The zero-order valence-corrected chi connectivity index (χ0v) is 19.2. The predicted molar refractivity (Wildman–Crippen MR) is 125 cm³/mol. The fourth-order valence-electron chi connectivity index (χ4n) is 5.71. The molecule has 184 valence electrons. The molecule has 2 saturated heterocycles. The van der Waals surface area contributed by atoms with Gasteiger partial charge < -0.3 is 4.74 Å². The van der Waals surface area contributed by atoms with Crippen LogP contribution >= 0.6 is 0 Å². The minimum Gasteiger partial charge on any atom is -0.349 e. The molecule has 0 aromatic heterocycles.